The largest absolute Gasteiger partial charge is 0.358 e. The SMILES string of the molecule is C#CCN(C)c1c(C#N)cnn1-c1nn2c(c1Cl)CCCC2.C#CCNc1c(C#N)cnn1-c1nn2c(c1Cl)CCCC2. The maximum Gasteiger partial charge on any atom is 0.196 e. The average Bonchev–Trinajstić information content (AvgIpc) is 3.80. The molecule has 4 aromatic rings. The summed E-state index contributed by atoms with van der Waals surface area (Å²) < 4.78 is 6.99. The molecule has 0 bridgehead atoms. The van der Waals surface area contributed by atoms with Crippen molar-refractivity contribution in [1.29, 1.82) is 10.5 Å². The van der Waals surface area contributed by atoms with Crippen molar-refractivity contribution in [2.24, 2.45) is 0 Å². The summed E-state index contributed by atoms with van der Waals surface area (Å²) in [5, 5.41) is 40.2. The van der Waals surface area contributed by atoms with Gasteiger partial charge in [0.05, 0.1) is 36.9 Å². The zero-order chi connectivity index (χ0) is 30.5. The number of halogens is 2. The second-order valence-corrected chi connectivity index (χ2v) is 10.7. The predicted molar refractivity (Wildman–Crippen MR) is 163 cm³/mol. The Kier molecular flexibility index (Phi) is 8.93. The molecule has 12 nitrogen and oxygen atoms in total. The maximum atomic E-state index is 9.29. The Morgan fingerprint density at radius 1 is 0.860 bits per heavy atom. The van der Waals surface area contributed by atoms with Gasteiger partial charge in [0.1, 0.15) is 33.3 Å². The minimum Gasteiger partial charge on any atom is -0.358 e. The van der Waals surface area contributed by atoms with Crippen LogP contribution in [0.5, 0.6) is 0 Å². The van der Waals surface area contributed by atoms with Gasteiger partial charge in [-0.05, 0) is 38.5 Å². The smallest absolute Gasteiger partial charge is 0.196 e. The maximum absolute atomic E-state index is 9.29. The van der Waals surface area contributed by atoms with E-state index >= 15 is 0 Å². The Balaban J connectivity index is 0.000000171. The zero-order valence-corrected chi connectivity index (χ0v) is 25.1. The number of nitriles is 2. The number of terminal acetylenes is 2. The highest BCUT2D eigenvalue weighted by Crippen LogP contribution is 2.32. The van der Waals surface area contributed by atoms with Crippen LogP contribution in [-0.2, 0) is 25.9 Å². The van der Waals surface area contributed by atoms with Crippen molar-refractivity contribution in [1.82, 2.24) is 39.1 Å². The molecule has 0 aromatic carbocycles. The van der Waals surface area contributed by atoms with Crippen LogP contribution < -0.4 is 10.2 Å². The van der Waals surface area contributed by atoms with E-state index in [0.717, 1.165) is 63.0 Å². The molecule has 0 spiro atoms. The Hall–Kier alpha value is -4.88. The van der Waals surface area contributed by atoms with Gasteiger partial charge in [-0.2, -0.15) is 40.3 Å². The first-order valence-electron chi connectivity index (χ1n) is 13.7. The standard InChI is InChI=1S/C15H15ClN6.C14H13ClN6/c1-3-7-20(2)15-11(9-17)10-18-22(15)14-13(16)12-6-4-5-8-21(12)19-14;1-2-6-17-13-10(8-16)9-18-21(13)14-12(15)11-5-3-4-7-20(11)19-14/h1,10H,4-8H2,2H3;1,9,17H,3-7H2. The van der Waals surface area contributed by atoms with E-state index in [0.29, 0.717) is 57.5 Å². The molecule has 4 aromatic heterocycles. The fourth-order valence-corrected chi connectivity index (χ4v) is 5.82. The minimum atomic E-state index is 0.297. The van der Waals surface area contributed by atoms with Crippen molar-refractivity contribution in [3.63, 3.8) is 0 Å². The van der Waals surface area contributed by atoms with Crippen molar-refractivity contribution in [3.05, 3.63) is 45.0 Å². The van der Waals surface area contributed by atoms with E-state index in [1.54, 1.807) is 14.3 Å². The third-order valence-electron chi connectivity index (χ3n) is 7.22. The molecule has 2 aliphatic heterocycles. The van der Waals surface area contributed by atoms with Crippen LogP contribution in [-0.4, -0.2) is 59.3 Å². The highest BCUT2D eigenvalue weighted by molar-refractivity contribution is 6.33. The number of aromatic nitrogens is 8. The van der Waals surface area contributed by atoms with Gasteiger partial charge < -0.3 is 10.2 Å². The third kappa shape index (κ3) is 5.64. The van der Waals surface area contributed by atoms with Crippen molar-refractivity contribution in [2.75, 3.05) is 30.4 Å². The first kappa shape index (κ1) is 29.6. The van der Waals surface area contributed by atoms with E-state index in [4.69, 9.17) is 41.3 Å². The molecule has 0 saturated carbocycles. The molecule has 0 radical (unpaired) electrons. The second-order valence-electron chi connectivity index (χ2n) is 9.98. The van der Waals surface area contributed by atoms with Gasteiger partial charge >= 0.3 is 0 Å². The highest BCUT2D eigenvalue weighted by Gasteiger charge is 2.25. The van der Waals surface area contributed by atoms with Gasteiger partial charge in [0, 0.05) is 20.1 Å². The molecule has 0 aliphatic carbocycles. The van der Waals surface area contributed by atoms with Gasteiger partial charge in [-0.15, -0.1) is 12.8 Å². The molecule has 14 heteroatoms. The molecule has 0 unspecified atom stereocenters. The van der Waals surface area contributed by atoms with E-state index in [2.05, 4.69) is 49.7 Å². The molecule has 218 valence electrons. The molecule has 43 heavy (non-hydrogen) atoms. The summed E-state index contributed by atoms with van der Waals surface area (Å²) in [7, 11) is 1.82. The summed E-state index contributed by atoms with van der Waals surface area (Å²) in [6.45, 7) is 2.38. The second kappa shape index (κ2) is 13.0. The molecule has 6 heterocycles. The van der Waals surface area contributed by atoms with E-state index in [-0.39, 0.29) is 0 Å². The van der Waals surface area contributed by atoms with E-state index in [9.17, 15) is 5.26 Å². The predicted octanol–water partition coefficient (Wildman–Crippen LogP) is 3.97. The van der Waals surface area contributed by atoms with Crippen molar-refractivity contribution < 1.29 is 0 Å². The quantitative estimate of drug-likeness (QED) is 0.322. The zero-order valence-electron chi connectivity index (χ0n) is 23.6. The number of anilines is 2. The first-order valence-corrected chi connectivity index (χ1v) is 14.5. The monoisotopic (exact) mass is 614 g/mol. The van der Waals surface area contributed by atoms with Crippen molar-refractivity contribution in [2.45, 2.75) is 51.6 Å². The van der Waals surface area contributed by atoms with Crippen molar-refractivity contribution >= 4 is 34.8 Å². The number of rotatable bonds is 6. The topological polar surface area (TPSA) is 134 Å². The van der Waals surface area contributed by atoms with E-state index in [1.807, 2.05) is 16.4 Å². The van der Waals surface area contributed by atoms with Crippen molar-refractivity contribution in [3.8, 4) is 48.5 Å². The number of fused-ring (bicyclic) bond motifs is 2. The lowest BCUT2D eigenvalue weighted by molar-refractivity contribution is 0.484. The molecular weight excluding hydrogens is 587 g/mol. The normalized spacial score (nSPS) is 13.3. The molecule has 0 fully saturated rings. The number of nitrogens with zero attached hydrogens (tertiary/aromatic N) is 11. The summed E-state index contributed by atoms with van der Waals surface area (Å²) in [5.74, 6) is 7.27. The van der Waals surface area contributed by atoms with Gasteiger partial charge in [-0.25, -0.2) is 0 Å². The Morgan fingerprint density at radius 2 is 1.42 bits per heavy atom. The van der Waals surface area contributed by atoms with Crippen LogP contribution in [0.15, 0.2) is 12.4 Å². The first-order chi connectivity index (χ1) is 20.9. The van der Waals surface area contributed by atoms with Gasteiger partial charge in [-0.3, -0.25) is 9.36 Å². The lowest BCUT2D eigenvalue weighted by Crippen LogP contribution is -2.21. The third-order valence-corrected chi connectivity index (χ3v) is 8.00. The van der Waals surface area contributed by atoms with Gasteiger partial charge in [0.15, 0.2) is 23.3 Å². The van der Waals surface area contributed by atoms with Crippen LogP contribution in [0.4, 0.5) is 11.6 Å². The van der Waals surface area contributed by atoms with Gasteiger partial charge in [-0.1, -0.05) is 35.0 Å². The number of hydrogen-bond acceptors (Lipinski definition) is 8. The number of aryl methyl sites for hydroxylation is 2. The lowest BCUT2D eigenvalue weighted by atomic mass is 10.1. The summed E-state index contributed by atoms with van der Waals surface area (Å²) in [4.78, 5) is 1.79. The van der Waals surface area contributed by atoms with Crippen LogP contribution in [0.1, 0.15) is 48.2 Å². The molecule has 1 N–H and O–H groups in total. The van der Waals surface area contributed by atoms with Crippen LogP contribution in [0.25, 0.3) is 11.6 Å². The van der Waals surface area contributed by atoms with E-state index < -0.39 is 0 Å². The average molecular weight is 616 g/mol. The molecule has 0 amide bonds. The number of nitrogens with one attached hydrogen (secondary N) is 1. The lowest BCUT2D eigenvalue weighted by Gasteiger charge is -2.17. The Labute approximate surface area is 259 Å². The minimum absolute atomic E-state index is 0.297. The molecule has 0 atom stereocenters. The van der Waals surface area contributed by atoms with Crippen LogP contribution >= 0.6 is 23.2 Å². The fourth-order valence-electron chi connectivity index (χ4n) is 5.20. The summed E-state index contributed by atoms with van der Waals surface area (Å²) >= 11 is 12.9. The van der Waals surface area contributed by atoms with Crippen LogP contribution in [0.2, 0.25) is 10.0 Å². The molecular formula is C29H28Cl2N12. The Bertz CT molecular complexity index is 1810. The summed E-state index contributed by atoms with van der Waals surface area (Å²) in [6, 6.07) is 4.22. The highest BCUT2D eigenvalue weighted by atomic mass is 35.5. The van der Waals surface area contributed by atoms with Crippen LogP contribution in [0.3, 0.4) is 0 Å². The fraction of sp³-hybridized carbons (Fsp3) is 0.379. The summed E-state index contributed by atoms with van der Waals surface area (Å²) in [5.41, 5.74) is 2.91. The van der Waals surface area contributed by atoms with E-state index in [1.165, 1.54) is 12.4 Å². The molecule has 2 aliphatic rings. The van der Waals surface area contributed by atoms with Crippen LogP contribution in [0, 0.1) is 47.3 Å². The molecule has 6 rings (SSSR count). The Morgan fingerprint density at radius 3 is 1.95 bits per heavy atom. The van der Waals surface area contributed by atoms with Gasteiger partial charge in [0.25, 0.3) is 0 Å². The number of hydrogen-bond donors (Lipinski definition) is 1. The summed E-state index contributed by atoms with van der Waals surface area (Å²) in [6.07, 6.45) is 19.9. The molecule has 0 saturated heterocycles. The van der Waals surface area contributed by atoms with Gasteiger partial charge in [0.2, 0.25) is 0 Å².